The van der Waals surface area contributed by atoms with E-state index in [2.05, 4.69) is 5.32 Å². The normalized spacial score (nSPS) is 20.7. The lowest BCUT2D eigenvalue weighted by atomic mass is 10.0. The van der Waals surface area contributed by atoms with Crippen molar-refractivity contribution < 1.29 is 23.1 Å². The van der Waals surface area contributed by atoms with Crippen LogP contribution in [-0.2, 0) is 21.1 Å². The number of carbonyl (C=O) groups is 2. The van der Waals surface area contributed by atoms with Crippen LogP contribution >= 0.6 is 0 Å². The first kappa shape index (κ1) is 15.5. The van der Waals surface area contributed by atoms with Gasteiger partial charge in [0.25, 0.3) is 0 Å². The van der Waals surface area contributed by atoms with Crippen molar-refractivity contribution in [1.82, 2.24) is 5.32 Å². The Balaban J connectivity index is 2.01. The maximum absolute atomic E-state index is 12.0. The van der Waals surface area contributed by atoms with Crippen molar-refractivity contribution >= 4 is 21.7 Å². The molecular formula is C14H17NO5S. The fourth-order valence-corrected chi connectivity index (χ4v) is 4.11. The summed E-state index contributed by atoms with van der Waals surface area (Å²) in [6.07, 6.45) is 1.10. The fraction of sp³-hybridized carbons (Fsp3) is 0.429. The average Bonchev–Trinajstić information content (AvgIpc) is 2.37. The highest BCUT2D eigenvalue weighted by Crippen LogP contribution is 2.13. The highest BCUT2D eigenvalue weighted by atomic mass is 32.2. The van der Waals surface area contributed by atoms with Gasteiger partial charge in [0.15, 0.2) is 9.84 Å². The van der Waals surface area contributed by atoms with E-state index < -0.39 is 15.8 Å². The molecule has 0 radical (unpaired) electrons. The number of hydrogen-bond donors (Lipinski definition) is 2. The first-order valence-electron chi connectivity index (χ1n) is 6.68. The minimum absolute atomic E-state index is 0.0423. The topological polar surface area (TPSA) is 101 Å². The number of carbonyl (C=O) groups excluding carboxylic acids is 1. The van der Waals surface area contributed by atoms with Gasteiger partial charge in [-0.2, -0.15) is 0 Å². The molecule has 0 aliphatic carbocycles. The van der Waals surface area contributed by atoms with Gasteiger partial charge in [0, 0.05) is 6.04 Å². The second kappa shape index (κ2) is 6.26. The Bertz CT molecular complexity index is 653. The van der Waals surface area contributed by atoms with Gasteiger partial charge in [0.2, 0.25) is 5.91 Å². The van der Waals surface area contributed by atoms with E-state index >= 15 is 0 Å². The first-order valence-corrected chi connectivity index (χ1v) is 8.50. The van der Waals surface area contributed by atoms with Crippen LogP contribution in [0, 0.1) is 0 Å². The van der Waals surface area contributed by atoms with Gasteiger partial charge in [-0.25, -0.2) is 13.2 Å². The van der Waals surface area contributed by atoms with E-state index in [1.165, 1.54) is 6.07 Å². The van der Waals surface area contributed by atoms with Crippen LogP contribution in [0.4, 0.5) is 0 Å². The fourth-order valence-electron chi connectivity index (χ4n) is 2.47. The Morgan fingerprint density at radius 2 is 2.00 bits per heavy atom. The Hall–Kier alpha value is -1.89. The highest BCUT2D eigenvalue weighted by Gasteiger charge is 2.26. The van der Waals surface area contributed by atoms with Gasteiger partial charge in [0.1, 0.15) is 0 Å². The summed E-state index contributed by atoms with van der Waals surface area (Å²) in [4.78, 5) is 23.0. The van der Waals surface area contributed by atoms with E-state index in [9.17, 15) is 18.0 Å². The summed E-state index contributed by atoms with van der Waals surface area (Å²) in [6.45, 7) is 0. The summed E-state index contributed by atoms with van der Waals surface area (Å²) in [5, 5.41) is 11.7. The van der Waals surface area contributed by atoms with Gasteiger partial charge in [-0.05, 0) is 24.5 Å². The van der Waals surface area contributed by atoms with E-state index in [4.69, 9.17) is 5.11 Å². The van der Waals surface area contributed by atoms with Crippen LogP contribution in [-0.4, -0.2) is 42.9 Å². The molecule has 0 spiro atoms. The van der Waals surface area contributed by atoms with Crippen LogP contribution in [0.15, 0.2) is 24.3 Å². The molecule has 2 N–H and O–H groups in total. The number of sulfone groups is 1. The zero-order valence-corrected chi connectivity index (χ0v) is 12.2. The van der Waals surface area contributed by atoms with E-state index in [1.54, 1.807) is 18.2 Å². The third-order valence-corrected chi connectivity index (χ3v) is 5.25. The van der Waals surface area contributed by atoms with E-state index in [1.807, 2.05) is 0 Å². The average molecular weight is 311 g/mol. The number of carboxylic acid groups (broad SMARTS) is 1. The van der Waals surface area contributed by atoms with Crippen molar-refractivity contribution in [3.8, 4) is 0 Å². The van der Waals surface area contributed by atoms with Crippen LogP contribution in [0.25, 0.3) is 0 Å². The molecule has 0 aromatic heterocycles. The van der Waals surface area contributed by atoms with Gasteiger partial charge in [-0.3, -0.25) is 4.79 Å². The molecule has 1 atom stereocenters. The van der Waals surface area contributed by atoms with Crippen molar-refractivity contribution in [3.05, 3.63) is 35.4 Å². The molecule has 114 valence electrons. The van der Waals surface area contributed by atoms with Crippen molar-refractivity contribution in [2.24, 2.45) is 0 Å². The molecule has 1 aliphatic heterocycles. The Morgan fingerprint density at radius 1 is 1.29 bits per heavy atom. The molecule has 21 heavy (non-hydrogen) atoms. The van der Waals surface area contributed by atoms with Crippen molar-refractivity contribution in [1.29, 1.82) is 0 Å². The molecular weight excluding hydrogens is 294 g/mol. The van der Waals surface area contributed by atoms with Crippen LogP contribution < -0.4 is 5.32 Å². The zero-order chi connectivity index (χ0) is 15.5. The third-order valence-electron chi connectivity index (χ3n) is 3.43. The number of rotatable bonds is 4. The van der Waals surface area contributed by atoms with Crippen molar-refractivity contribution in [3.63, 3.8) is 0 Å². The summed E-state index contributed by atoms with van der Waals surface area (Å²) in [5.41, 5.74) is 0.505. The summed E-state index contributed by atoms with van der Waals surface area (Å²) >= 11 is 0. The Morgan fingerprint density at radius 3 is 2.67 bits per heavy atom. The van der Waals surface area contributed by atoms with Gasteiger partial charge in [0.05, 0.1) is 23.5 Å². The minimum Gasteiger partial charge on any atom is -0.478 e. The summed E-state index contributed by atoms with van der Waals surface area (Å²) in [6, 6.07) is 5.91. The largest absolute Gasteiger partial charge is 0.478 e. The predicted molar refractivity (Wildman–Crippen MR) is 76.9 cm³/mol. The quantitative estimate of drug-likeness (QED) is 0.849. The standard InChI is InChI=1S/C14H17NO5S/c16-13(15-11-5-3-7-21(19,20)9-11)8-10-4-1-2-6-12(10)14(17)18/h1-2,4,6,11H,3,5,7-9H2,(H,15,16)(H,17,18). The van der Waals surface area contributed by atoms with E-state index in [-0.39, 0.29) is 35.4 Å². The Labute approximate surface area is 123 Å². The van der Waals surface area contributed by atoms with E-state index in [0.29, 0.717) is 18.4 Å². The molecule has 6 nitrogen and oxygen atoms in total. The zero-order valence-electron chi connectivity index (χ0n) is 11.4. The number of nitrogens with one attached hydrogen (secondary N) is 1. The monoisotopic (exact) mass is 311 g/mol. The van der Waals surface area contributed by atoms with Crippen LogP contribution in [0.5, 0.6) is 0 Å². The van der Waals surface area contributed by atoms with Crippen molar-refractivity contribution in [2.45, 2.75) is 25.3 Å². The highest BCUT2D eigenvalue weighted by molar-refractivity contribution is 7.91. The molecule has 1 saturated heterocycles. The van der Waals surface area contributed by atoms with Gasteiger partial charge >= 0.3 is 5.97 Å². The van der Waals surface area contributed by atoms with Crippen LogP contribution in [0.3, 0.4) is 0 Å². The molecule has 1 fully saturated rings. The van der Waals surface area contributed by atoms with Gasteiger partial charge in [-0.1, -0.05) is 18.2 Å². The molecule has 1 unspecified atom stereocenters. The lowest BCUT2D eigenvalue weighted by Crippen LogP contribution is -2.43. The predicted octanol–water partition coefficient (Wildman–Crippen LogP) is 0.621. The second-order valence-corrected chi connectivity index (χ2v) is 7.39. The molecule has 1 aliphatic rings. The second-order valence-electron chi connectivity index (χ2n) is 5.16. The van der Waals surface area contributed by atoms with Gasteiger partial charge in [-0.15, -0.1) is 0 Å². The summed E-state index contributed by atoms with van der Waals surface area (Å²) < 4.78 is 23.0. The first-order chi connectivity index (χ1) is 9.87. The molecule has 0 saturated carbocycles. The number of carboxylic acids is 1. The number of aromatic carboxylic acids is 1. The van der Waals surface area contributed by atoms with Crippen LogP contribution in [0.1, 0.15) is 28.8 Å². The maximum Gasteiger partial charge on any atom is 0.335 e. The molecule has 1 amide bonds. The Kier molecular flexibility index (Phi) is 4.62. The molecule has 2 rings (SSSR count). The van der Waals surface area contributed by atoms with Gasteiger partial charge < -0.3 is 10.4 Å². The minimum atomic E-state index is -3.08. The molecule has 0 bridgehead atoms. The number of benzene rings is 1. The maximum atomic E-state index is 12.0. The number of hydrogen-bond acceptors (Lipinski definition) is 4. The number of amides is 1. The molecule has 1 heterocycles. The lowest BCUT2D eigenvalue weighted by Gasteiger charge is -2.23. The smallest absolute Gasteiger partial charge is 0.335 e. The lowest BCUT2D eigenvalue weighted by molar-refractivity contribution is -0.121. The molecule has 1 aromatic rings. The summed E-state index contributed by atoms with van der Waals surface area (Å²) in [7, 11) is -3.08. The summed E-state index contributed by atoms with van der Waals surface area (Å²) in [5.74, 6) is -1.31. The molecule has 1 aromatic carbocycles. The van der Waals surface area contributed by atoms with Crippen molar-refractivity contribution in [2.75, 3.05) is 11.5 Å². The van der Waals surface area contributed by atoms with Crippen LogP contribution in [0.2, 0.25) is 0 Å². The van der Waals surface area contributed by atoms with E-state index in [0.717, 1.165) is 0 Å². The third kappa shape index (κ3) is 4.29. The SMILES string of the molecule is O=C(Cc1ccccc1C(=O)O)NC1CCCS(=O)(=O)C1. The molecule has 7 heteroatoms.